The summed E-state index contributed by atoms with van der Waals surface area (Å²) in [4.78, 5) is 0. The largest absolute Gasteiger partial charge is 0.378 e. The molecule has 0 radical (unpaired) electrons. The standard InChI is InChI=1S/C12H22O/c1-4-12(3)6-5-10-9(2)8-13-11(10)7-12/h9-11H,4-8H2,1-3H3. The number of rotatable bonds is 1. The quantitative estimate of drug-likeness (QED) is 0.605. The fraction of sp³-hybridized carbons (Fsp3) is 1.00. The molecule has 0 aromatic rings. The van der Waals surface area contributed by atoms with E-state index < -0.39 is 0 Å². The third kappa shape index (κ3) is 1.63. The van der Waals surface area contributed by atoms with Crippen LogP contribution in [0.1, 0.15) is 46.5 Å². The van der Waals surface area contributed by atoms with Gasteiger partial charge in [-0.25, -0.2) is 0 Å². The van der Waals surface area contributed by atoms with E-state index in [2.05, 4.69) is 20.8 Å². The number of hydrogen-bond acceptors (Lipinski definition) is 1. The van der Waals surface area contributed by atoms with Crippen molar-refractivity contribution in [3.05, 3.63) is 0 Å². The van der Waals surface area contributed by atoms with Crippen LogP contribution in [0.4, 0.5) is 0 Å². The molecule has 13 heavy (non-hydrogen) atoms. The zero-order valence-corrected chi connectivity index (χ0v) is 9.18. The molecule has 2 fully saturated rings. The molecule has 1 saturated carbocycles. The fourth-order valence-corrected chi connectivity index (χ4v) is 2.99. The van der Waals surface area contributed by atoms with Gasteiger partial charge in [0.25, 0.3) is 0 Å². The molecular weight excluding hydrogens is 160 g/mol. The first kappa shape index (κ1) is 9.51. The maximum Gasteiger partial charge on any atom is 0.0612 e. The van der Waals surface area contributed by atoms with Crippen LogP contribution in [0.15, 0.2) is 0 Å². The molecule has 1 heterocycles. The molecule has 1 aliphatic carbocycles. The van der Waals surface area contributed by atoms with Crippen molar-refractivity contribution in [3.8, 4) is 0 Å². The lowest BCUT2D eigenvalue weighted by Crippen LogP contribution is -2.34. The minimum absolute atomic E-state index is 0.575. The minimum atomic E-state index is 0.575. The molecule has 0 amide bonds. The van der Waals surface area contributed by atoms with E-state index in [9.17, 15) is 0 Å². The smallest absolute Gasteiger partial charge is 0.0612 e. The summed E-state index contributed by atoms with van der Waals surface area (Å²) in [6, 6.07) is 0. The minimum Gasteiger partial charge on any atom is -0.378 e. The van der Waals surface area contributed by atoms with Crippen LogP contribution in [0, 0.1) is 17.3 Å². The monoisotopic (exact) mass is 182 g/mol. The number of hydrogen-bond donors (Lipinski definition) is 0. The van der Waals surface area contributed by atoms with E-state index in [1.54, 1.807) is 0 Å². The molecule has 2 rings (SSSR count). The second kappa shape index (κ2) is 3.27. The number of ether oxygens (including phenoxy) is 1. The van der Waals surface area contributed by atoms with Gasteiger partial charge in [-0.15, -0.1) is 0 Å². The lowest BCUT2D eigenvalue weighted by molar-refractivity contribution is 0.0122. The normalized spacial score (nSPS) is 50.5. The van der Waals surface area contributed by atoms with Crippen LogP contribution in [0.5, 0.6) is 0 Å². The second-order valence-corrected chi connectivity index (χ2v) is 5.42. The Morgan fingerprint density at radius 2 is 2.23 bits per heavy atom. The van der Waals surface area contributed by atoms with Crippen molar-refractivity contribution in [2.75, 3.05) is 6.61 Å². The summed E-state index contributed by atoms with van der Waals surface area (Å²) < 4.78 is 5.87. The Kier molecular flexibility index (Phi) is 2.39. The average Bonchev–Trinajstić information content (AvgIpc) is 2.47. The van der Waals surface area contributed by atoms with Crippen LogP contribution < -0.4 is 0 Å². The van der Waals surface area contributed by atoms with E-state index in [1.165, 1.54) is 25.7 Å². The molecule has 0 spiro atoms. The molecular formula is C12H22O. The van der Waals surface area contributed by atoms with Gasteiger partial charge in [0.2, 0.25) is 0 Å². The van der Waals surface area contributed by atoms with Crippen LogP contribution in [-0.2, 0) is 4.74 Å². The highest BCUT2D eigenvalue weighted by Crippen LogP contribution is 2.47. The number of fused-ring (bicyclic) bond motifs is 1. The summed E-state index contributed by atoms with van der Waals surface area (Å²) in [5.41, 5.74) is 0.575. The molecule has 4 unspecified atom stereocenters. The van der Waals surface area contributed by atoms with Crippen molar-refractivity contribution in [3.63, 3.8) is 0 Å². The van der Waals surface area contributed by atoms with Crippen LogP contribution in [-0.4, -0.2) is 12.7 Å². The van der Waals surface area contributed by atoms with Crippen LogP contribution in [0.25, 0.3) is 0 Å². The predicted octanol–water partition coefficient (Wildman–Crippen LogP) is 3.24. The Bertz CT molecular complexity index is 190. The maximum atomic E-state index is 5.87. The van der Waals surface area contributed by atoms with Crippen LogP contribution in [0.2, 0.25) is 0 Å². The fourth-order valence-electron chi connectivity index (χ4n) is 2.99. The van der Waals surface area contributed by atoms with Gasteiger partial charge in [-0.1, -0.05) is 27.2 Å². The highest BCUT2D eigenvalue weighted by molar-refractivity contribution is 4.92. The van der Waals surface area contributed by atoms with Crippen LogP contribution in [0.3, 0.4) is 0 Å². The summed E-state index contributed by atoms with van der Waals surface area (Å²) in [6.07, 6.45) is 6.02. The van der Waals surface area contributed by atoms with Crippen molar-refractivity contribution in [1.29, 1.82) is 0 Å². The molecule has 1 heteroatoms. The van der Waals surface area contributed by atoms with Crippen molar-refractivity contribution in [2.24, 2.45) is 17.3 Å². The Morgan fingerprint density at radius 3 is 2.92 bits per heavy atom. The third-order valence-corrected chi connectivity index (χ3v) is 4.41. The lowest BCUT2D eigenvalue weighted by Gasteiger charge is -2.39. The van der Waals surface area contributed by atoms with E-state index in [0.717, 1.165) is 18.4 Å². The average molecular weight is 182 g/mol. The van der Waals surface area contributed by atoms with Gasteiger partial charge in [-0.3, -0.25) is 0 Å². The third-order valence-electron chi connectivity index (χ3n) is 4.41. The first-order valence-corrected chi connectivity index (χ1v) is 5.76. The molecule has 1 aliphatic heterocycles. The van der Waals surface area contributed by atoms with Crippen molar-refractivity contribution in [1.82, 2.24) is 0 Å². The zero-order valence-electron chi connectivity index (χ0n) is 9.18. The van der Waals surface area contributed by atoms with E-state index >= 15 is 0 Å². The molecule has 2 aliphatic rings. The summed E-state index contributed by atoms with van der Waals surface area (Å²) >= 11 is 0. The molecule has 1 saturated heterocycles. The maximum absolute atomic E-state index is 5.87. The first-order valence-electron chi connectivity index (χ1n) is 5.76. The van der Waals surface area contributed by atoms with Crippen molar-refractivity contribution < 1.29 is 4.74 Å². The van der Waals surface area contributed by atoms with Gasteiger partial charge in [0, 0.05) is 6.61 Å². The molecule has 0 N–H and O–H groups in total. The lowest BCUT2D eigenvalue weighted by atomic mass is 9.67. The van der Waals surface area contributed by atoms with Gasteiger partial charge in [0.15, 0.2) is 0 Å². The first-order chi connectivity index (χ1) is 6.14. The van der Waals surface area contributed by atoms with Crippen molar-refractivity contribution in [2.45, 2.75) is 52.6 Å². The summed E-state index contributed by atoms with van der Waals surface area (Å²) in [6.45, 7) is 8.10. The molecule has 4 atom stereocenters. The van der Waals surface area contributed by atoms with E-state index in [1.807, 2.05) is 0 Å². The van der Waals surface area contributed by atoms with Crippen LogP contribution >= 0.6 is 0 Å². The van der Waals surface area contributed by atoms with Crippen molar-refractivity contribution >= 4 is 0 Å². The predicted molar refractivity (Wildman–Crippen MR) is 54.6 cm³/mol. The zero-order chi connectivity index (χ0) is 9.47. The van der Waals surface area contributed by atoms with E-state index in [4.69, 9.17) is 4.74 Å². The summed E-state index contributed by atoms with van der Waals surface area (Å²) in [5.74, 6) is 1.69. The van der Waals surface area contributed by atoms with E-state index in [0.29, 0.717) is 11.5 Å². The van der Waals surface area contributed by atoms with E-state index in [-0.39, 0.29) is 0 Å². The molecule has 76 valence electrons. The topological polar surface area (TPSA) is 9.23 Å². The van der Waals surface area contributed by atoms with Gasteiger partial charge < -0.3 is 4.74 Å². The Labute approximate surface area is 81.9 Å². The van der Waals surface area contributed by atoms with Gasteiger partial charge in [-0.05, 0) is 36.5 Å². The highest BCUT2D eigenvalue weighted by Gasteiger charge is 2.42. The second-order valence-electron chi connectivity index (χ2n) is 5.42. The Balaban J connectivity index is 2.03. The Hall–Kier alpha value is -0.0400. The van der Waals surface area contributed by atoms with Gasteiger partial charge >= 0.3 is 0 Å². The van der Waals surface area contributed by atoms with Gasteiger partial charge in [-0.2, -0.15) is 0 Å². The molecule has 0 aromatic heterocycles. The SMILES string of the molecule is CCC1(C)CCC2C(C)COC2C1. The summed E-state index contributed by atoms with van der Waals surface area (Å²) in [7, 11) is 0. The Morgan fingerprint density at radius 1 is 1.46 bits per heavy atom. The molecule has 0 bridgehead atoms. The molecule has 1 nitrogen and oxygen atoms in total. The molecule has 0 aromatic carbocycles. The highest BCUT2D eigenvalue weighted by atomic mass is 16.5. The van der Waals surface area contributed by atoms with Gasteiger partial charge in [0.1, 0.15) is 0 Å². The summed E-state index contributed by atoms with van der Waals surface area (Å²) in [5, 5.41) is 0. The van der Waals surface area contributed by atoms with Gasteiger partial charge in [0.05, 0.1) is 6.10 Å².